The Bertz CT molecular complexity index is 566. The minimum Gasteiger partial charge on any atom is -0.365 e. The van der Waals surface area contributed by atoms with Crippen molar-refractivity contribution in [2.45, 2.75) is 6.54 Å². The van der Waals surface area contributed by atoms with Gasteiger partial charge in [-0.2, -0.15) is 0 Å². The summed E-state index contributed by atoms with van der Waals surface area (Å²) < 4.78 is 1.45. The topological polar surface area (TPSA) is 57.8 Å². The van der Waals surface area contributed by atoms with E-state index in [2.05, 4.69) is 47.1 Å². The molecule has 0 amide bonds. The molecular weight excluding hydrogens is 350 g/mol. The second-order valence-electron chi connectivity index (χ2n) is 3.37. The average Bonchev–Trinajstić information content (AvgIpc) is 2.33. The highest BCUT2D eigenvalue weighted by molar-refractivity contribution is 9.10. The lowest BCUT2D eigenvalue weighted by atomic mass is 10.2. The van der Waals surface area contributed by atoms with E-state index in [0.29, 0.717) is 16.8 Å². The number of benzene rings is 1. The lowest BCUT2D eigenvalue weighted by Gasteiger charge is -2.06. The number of rotatable bonds is 3. The van der Waals surface area contributed by atoms with E-state index in [1.807, 2.05) is 24.3 Å². The fraction of sp³-hybridized carbons (Fsp3) is 0.0909. The third-order valence-corrected chi connectivity index (χ3v) is 3.43. The molecule has 0 aliphatic rings. The molecule has 0 bridgehead atoms. The molecule has 1 heterocycles. The van der Waals surface area contributed by atoms with Gasteiger partial charge in [0.25, 0.3) is 5.56 Å². The van der Waals surface area contributed by atoms with Crippen LogP contribution in [-0.2, 0) is 6.54 Å². The van der Waals surface area contributed by atoms with Crippen molar-refractivity contribution in [2.75, 3.05) is 5.32 Å². The summed E-state index contributed by atoms with van der Waals surface area (Å²) in [5.41, 5.74) is 0.917. The van der Waals surface area contributed by atoms with E-state index < -0.39 is 0 Å². The fourth-order valence-electron chi connectivity index (χ4n) is 1.29. The molecule has 0 aliphatic carbocycles. The van der Waals surface area contributed by atoms with Gasteiger partial charge >= 0.3 is 0 Å². The van der Waals surface area contributed by atoms with E-state index in [9.17, 15) is 4.79 Å². The van der Waals surface area contributed by atoms with Gasteiger partial charge < -0.3 is 10.3 Å². The highest BCUT2D eigenvalue weighted by Gasteiger charge is 2.04. The lowest BCUT2D eigenvalue weighted by Crippen LogP contribution is -2.11. The first-order chi connectivity index (χ1) is 8.16. The van der Waals surface area contributed by atoms with Gasteiger partial charge in [0, 0.05) is 11.0 Å². The average molecular weight is 359 g/mol. The first kappa shape index (κ1) is 12.3. The zero-order chi connectivity index (χ0) is 12.3. The zero-order valence-corrected chi connectivity index (χ0v) is 11.9. The van der Waals surface area contributed by atoms with Crippen molar-refractivity contribution in [1.29, 1.82) is 0 Å². The van der Waals surface area contributed by atoms with Gasteiger partial charge in [-0.15, -0.1) is 0 Å². The zero-order valence-electron chi connectivity index (χ0n) is 8.71. The van der Waals surface area contributed by atoms with Crippen LogP contribution in [0.25, 0.3) is 0 Å². The molecular formula is C11H9Br2N3O. The Hall–Kier alpha value is -1.14. The normalized spacial score (nSPS) is 10.2. The number of H-pyrrole nitrogens is 1. The molecule has 88 valence electrons. The molecule has 4 nitrogen and oxygen atoms in total. The molecule has 0 saturated carbocycles. The summed E-state index contributed by atoms with van der Waals surface area (Å²) in [5.74, 6) is 0.539. The predicted octanol–water partition coefficient (Wildman–Crippen LogP) is 2.91. The maximum Gasteiger partial charge on any atom is 0.267 e. The summed E-state index contributed by atoms with van der Waals surface area (Å²) in [6.07, 6.45) is 1.37. The molecule has 0 aliphatic heterocycles. The van der Waals surface area contributed by atoms with Gasteiger partial charge in [-0.05, 0) is 33.6 Å². The molecule has 0 unspecified atom stereocenters. The summed E-state index contributed by atoms with van der Waals surface area (Å²) in [6, 6.07) is 7.94. The molecule has 0 fully saturated rings. The van der Waals surface area contributed by atoms with Crippen LogP contribution >= 0.6 is 31.9 Å². The van der Waals surface area contributed by atoms with Crippen LogP contribution in [0.15, 0.2) is 44.3 Å². The van der Waals surface area contributed by atoms with Gasteiger partial charge in [-0.25, -0.2) is 4.98 Å². The number of hydrogen-bond acceptors (Lipinski definition) is 3. The second kappa shape index (κ2) is 5.46. The Morgan fingerprint density at radius 3 is 2.65 bits per heavy atom. The maximum absolute atomic E-state index is 11.3. The van der Waals surface area contributed by atoms with Crippen molar-refractivity contribution in [3.63, 3.8) is 0 Å². The van der Waals surface area contributed by atoms with Crippen LogP contribution in [0.2, 0.25) is 0 Å². The molecule has 0 saturated heterocycles. The van der Waals surface area contributed by atoms with Gasteiger partial charge in [0.1, 0.15) is 10.3 Å². The maximum atomic E-state index is 11.3. The Morgan fingerprint density at radius 1 is 1.24 bits per heavy atom. The number of nitrogens with zero attached hydrogens (tertiary/aromatic N) is 1. The van der Waals surface area contributed by atoms with E-state index >= 15 is 0 Å². The van der Waals surface area contributed by atoms with Crippen LogP contribution in [0.4, 0.5) is 5.82 Å². The molecule has 17 heavy (non-hydrogen) atoms. The summed E-state index contributed by atoms with van der Waals surface area (Å²) >= 11 is 6.57. The summed E-state index contributed by atoms with van der Waals surface area (Å²) in [5, 5.41) is 3.10. The highest BCUT2D eigenvalue weighted by atomic mass is 79.9. The number of aromatic nitrogens is 2. The Morgan fingerprint density at radius 2 is 1.94 bits per heavy atom. The number of halogens is 2. The first-order valence-electron chi connectivity index (χ1n) is 4.88. The van der Waals surface area contributed by atoms with E-state index in [1.165, 1.54) is 6.33 Å². The van der Waals surface area contributed by atoms with E-state index in [4.69, 9.17) is 0 Å². The Labute approximate surface area is 115 Å². The minimum absolute atomic E-state index is 0.196. The number of anilines is 1. The van der Waals surface area contributed by atoms with Crippen molar-refractivity contribution in [1.82, 2.24) is 9.97 Å². The van der Waals surface area contributed by atoms with Crippen LogP contribution in [0.3, 0.4) is 0 Å². The number of aromatic amines is 1. The molecule has 2 aromatic rings. The number of hydrogen-bond donors (Lipinski definition) is 2. The van der Waals surface area contributed by atoms with Crippen molar-refractivity contribution in [2.24, 2.45) is 0 Å². The van der Waals surface area contributed by atoms with Crippen molar-refractivity contribution in [3.8, 4) is 0 Å². The quantitative estimate of drug-likeness (QED) is 0.886. The number of nitrogens with one attached hydrogen (secondary N) is 2. The molecule has 0 atom stereocenters. The lowest BCUT2D eigenvalue weighted by molar-refractivity contribution is 1.05. The summed E-state index contributed by atoms with van der Waals surface area (Å²) in [6.45, 7) is 0.613. The predicted molar refractivity (Wildman–Crippen MR) is 74.0 cm³/mol. The summed E-state index contributed by atoms with van der Waals surface area (Å²) in [4.78, 5) is 17.8. The van der Waals surface area contributed by atoms with Crippen molar-refractivity contribution in [3.05, 3.63) is 55.5 Å². The van der Waals surface area contributed by atoms with Gasteiger partial charge in [0.15, 0.2) is 0 Å². The van der Waals surface area contributed by atoms with Gasteiger partial charge in [-0.3, -0.25) is 4.79 Å². The summed E-state index contributed by atoms with van der Waals surface area (Å²) in [7, 11) is 0. The minimum atomic E-state index is -0.196. The SMILES string of the molecule is O=c1[nH]cnc(NCc2ccc(Br)cc2)c1Br. The van der Waals surface area contributed by atoms with Crippen LogP contribution in [0, 0.1) is 0 Å². The van der Waals surface area contributed by atoms with Crippen LogP contribution in [0.1, 0.15) is 5.56 Å². The van der Waals surface area contributed by atoms with Gasteiger partial charge in [0.05, 0.1) is 6.33 Å². The van der Waals surface area contributed by atoms with E-state index in [0.717, 1.165) is 10.0 Å². The Kier molecular flexibility index (Phi) is 3.96. The van der Waals surface area contributed by atoms with Crippen molar-refractivity contribution < 1.29 is 0 Å². The van der Waals surface area contributed by atoms with E-state index in [-0.39, 0.29) is 5.56 Å². The second-order valence-corrected chi connectivity index (χ2v) is 5.08. The monoisotopic (exact) mass is 357 g/mol. The molecule has 6 heteroatoms. The third-order valence-electron chi connectivity index (χ3n) is 2.17. The highest BCUT2D eigenvalue weighted by Crippen LogP contribution is 2.15. The smallest absolute Gasteiger partial charge is 0.267 e. The van der Waals surface area contributed by atoms with Crippen LogP contribution < -0.4 is 10.9 Å². The largest absolute Gasteiger partial charge is 0.365 e. The van der Waals surface area contributed by atoms with E-state index in [1.54, 1.807) is 0 Å². The van der Waals surface area contributed by atoms with Gasteiger partial charge in [-0.1, -0.05) is 28.1 Å². The molecule has 0 spiro atoms. The molecule has 0 radical (unpaired) electrons. The molecule has 2 N–H and O–H groups in total. The van der Waals surface area contributed by atoms with Crippen LogP contribution in [-0.4, -0.2) is 9.97 Å². The molecule has 1 aromatic heterocycles. The Balaban J connectivity index is 2.10. The first-order valence-corrected chi connectivity index (χ1v) is 6.47. The fourth-order valence-corrected chi connectivity index (χ4v) is 1.92. The van der Waals surface area contributed by atoms with Gasteiger partial charge in [0.2, 0.25) is 0 Å². The standard InChI is InChI=1S/C11H9Br2N3O/c12-8-3-1-7(2-4-8)5-14-10-9(13)11(17)16-6-15-10/h1-4,6H,5H2,(H2,14,15,16,17). The molecule has 2 rings (SSSR count). The van der Waals surface area contributed by atoms with Crippen molar-refractivity contribution >= 4 is 37.7 Å². The molecule has 1 aromatic carbocycles. The third kappa shape index (κ3) is 3.17. The van der Waals surface area contributed by atoms with Crippen LogP contribution in [0.5, 0.6) is 0 Å².